The summed E-state index contributed by atoms with van der Waals surface area (Å²) in [5.41, 5.74) is 7.84. The summed E-state index contributed by atoms with van der Waals surface area (Å²) >= 11 is 1.79. The van der Waals surface area contributed by atoms with E-state index in [0.29, 0.717) is 5.25 Å². The summed E-state index contributed by atoms with van der Waals surface area (Å²) in [5, 5.41) is 1.68. The van der Waals surface area contributed by atoms with Gasteiger partial charge in [-0.2, -0.15) is 0 Å². The molecule has 0 aliphatic rings. The van der Waals surface area contributed by atoms with E-state index in [2.05, 4.69) is 24.9 Å². The standard InChI is InChI=1S/C12H14N2S/c1-8(2)15-12-9-4-3-7-14-11(9)6-5-10(12)13/h3-8H,13H2,1-2H3. The van der Waals surface area contributed by atoms with Gasteiger partial charge >= 0.3 is 0 Å². The monoisotopic (exact) mass is 218 g/mol. The predicted molar refractivity (Wildman–Crippen MR) is 67.1 cm³/mol. The third-order valence-electron chi connectivity index (χ3n) is 2.12. The Morgan fingerprint density at radius 1 is 1.27 bits per heavy atom. The molecule has 2 nitrogen and oxygen atoms in total. The highest BCUT2D eigenvalue weighted by atomic mass is 32.2. The second-order valence-corrected chi connectivity index (χ2v) is 5.31. The Hall–Kier alpha value is -1.22. The van der Waals surface area contributed by atoms with Gasteiger partial charge in [-0.05, 0) is 18.2 Å². The molecule has 0 spiro atoms. The van der Waals surface area contributed by atoms with Crippen LogP contribution in [0, 0.1) is 0 Å². The molecule has 0 unspecified atom stereocenters. The highest BCUT2D eigenvalue weighted by Crippen LogP contribution is 2.34. The normalized spacial score (nSPS) is 11.1. The van der Waals surface area contributed by atoms with Crippen LogP contribution in [0.1, 0.15) is 13.8 Å². The fourth-order valence-corrected chi connectivity index (χ4v) is 2.48. The van der Waals surface area contributed by atoms with Gasteiger partial charge in [0.15, 0.2) is 0 Å². The average Bonchev–Trinajstić information content (AvgIpc) is 2.22. The Labute approximate surface area is 93.9 Å². The van der Waals surface area contributed by atoms with Crippen LogP contribution in [0.25, 0.3) is 10.9 Å². The Morgan fingerprint density at radius 2 is 2.07 bits per heavy atom. The fraction of sp³-hybridized carbons (Fsp3) is 0.250. The van der Waals surface area contributed by atoms with Crippen LogP contribution < -0.4 is 5.73 Å². The number of hydrogen-bond donors (Lipinski definition) is 1. The van der Waals surface area contributed by atoms with Crippen LogP contribution in [0.5, 0.6) is 0 Å². The molecule has 0 saturated carbocycles. The maximum atomic E-state index is 5.99. The van der Waals surface area contributed by atoms with E-state index in [1.54, 1.807) is 11.8 Å². The van der Waals surface area contributed by atoms with Crippen molar-refractivity contribution in [3.63, 3.8) is 0 Å². The van der Waals surface area contributed by atoms with E-state index in [4.69, 9.17) is 5.73 Å². The van der Waals surface area contributed by atoms with Crippen molar-refractivity contribution in [3.8, 4) is 0 Å². The Balaban J connectivity index is 2.63. The van der Waals surface area contributed by atoms with Crippen LogP contribution in [0.2, 0.25) is 0 Å². The van der Waals surface area contributed by atoms with Gasteiger partial charge in [-0.15, -0.1) is 11.8 Å². The van der Waals surface area contributed by atoms with Crippen LogP contribution in [-0.2, 0) is 0 Å². The van der Waals surface area contributed by atoms with Crippen molar-refractivity contribution >= 4 is 28.4 Å². The molecule has 1 aromatic heterocycles. The Morgan fingerprint density at radius 3 is 2.80 bits per heavy atom. The molecule has 78 valence electrons. The van der Waals surface area contributed by atoms with Gasteiger partial charge in [0.2, 0.25) is 0 Å². The number of aromatic nitrogens is 1. The lowest BCUT2D eigenvalue weighted by atomic mass is 10.2. The van der Waals surface area contributed by atoms with Crippen LogP contribution in [0.3, 0.4) is 0 Å². The highest BCUT2D eigenvalue weighted by Gasteiger charge is 2.08. The quantitative estimate of drug-likeness (QED) is 0.621. The zero-order valence-corrected chi connectivity index (χ0v) is 9.71. The number of rotatable bonds is 2. The second kappa shape index (κ2) is 4.11. The second-order valence-electron chi connectivity index (χ2n) is 3.72. The lowest BCUT2D eigenvalue weighted by Crippen LogP contribution is -1.94. The average molecular weight is 218 g/mol. The number of pyridine rings is 1. The number of anilines is 1. The summed E-state index contributed by atoms with van der Waals surface area (Å²) in [4.78, 5) is 5.47. The van der Waals surface area contributed by atoms with Crippen molar-refractivity contribution in [2.45, 2.75) is 24.0 Å². The molecule has 0 saturated heterocycles. The molecule has 1 aromatic carbocycles. The van der Waals surface area contributed by atoms with Crippen LogP contribution in [-0.4, -0.2) is 10.2 Å². The minimum Gasteiger partial charge on any atom is -0.398 e. The van der Waals surface area contributed by atoms with E-state index in [0.717, 1.165) is 21.5 Å². The molecule has 0 amide bonds. The van der Waals surface area contributed by atoms with E-state index < -0.39 is 0 Å². The zero-order chi connectivity index (χ0) is 10.8. The summed E-state index contributed by atoms with van der Waals surface area (Å²) in [6.45, 7) is 4.33. The largest absolute Gasteiger partial charge is 0.398 e. The lowest BCUT2D eigenvalue weighted by Gasteiger charge is -2.10. The fourth-order valence-electron chi connectivity index (χ4n) is 1.51. The van der Waals surface area contributed by atoms with Gasteiger partial charge in [0.1, 0.15) is 0 Å². The van der Waals surface area contributed by atoms with Gasteiger partial charge in [-0.25, -0.2) is 0 Å². The number of nitrogen functional groups attached to an aromatic ring is 1. The molecule has 0 aliphatic heterocycles. The maximum absolute atomic E-state index is 5.99. The van der Waals surface area contributed by atoms with E-state index >= 15 is 0 Å². The first-order valence-corrected chi connectivity index (χ1v) is 5.86. The number of thioether (sulfide) groups is 1. The van der Waals surface area contributed by atoms with E-state index in [1.807, 2.05) is 24.4 Å². The van der Waals surface area contributed by atoms with Crippen molar-refractivity contribution in [2.75, 3.05) is 5.73 Å². The van der Waals surface area contributed by atoms with Crippen molar-refractivity contribution in [3.05, 3.63) is 30.5 Å². The first kappa shape index (κ1) is 10.3. The topological polar surface area (TPSA) is 38.9 Å². The smallest absolute Gasteiger partial charge is 0.0714 e. The van der Waals surface area contributed by atoms with E-state index in [1.165, 1.54) is 0 Å². The molecule has 3 heteroatoms. The molecule has 0 radical (unpaired) electrons. The SMILES string of the molecule is CC(C)Sc1c(N)ccc2ncccc12. The Bertz CT molecular complexity index is 480. The Kier molecular flexibility index (Phi) is 2.82. The molecular weight excluding hydrogens is 204 g/mol. The van der Waals surface area contributed by atoms with Gasteiger partial charge in [0.25, 0.3) is 0 Å². The number of nitrogens with zero attached hydrogens (tertiary/aromatic N) is 1. The molecule has 1 heterocycles. The highest BCUT2D eigenvalue weighted by molar-refractivity contribution is 8.00. The molecule has 0 aliphatic carbocycles. The van der Waals surface area contributed by atoms with Crippen LogP contribution in [0.4, 0.5) is 5.69 Å². The molecule has 0 bridgehead atoms. The third kappa shape index (κ3) is 2.07. The number of hydrogen-bond acceptors (Lipinski definition) is 3. The van der Waals surface area contributed by atoms with Crippen molar-refractivity contribution in [1.29, 1.82) is 0 Å². The third-order valence-corrected chi connectivity index (χ3v) is 3.28. The molecular formula is C12H14N2S. The number of nitrogens with two attached hydrogens (primary N) is 1. The van der Waals surface area contributed by atoms with Crippen LogP contribution >= 0.6 is 11.8 Å². The summed E-state index contributed by atoms with van der Waals surface area (Å²) in [6, 6.07) is 7.92. The van der Waals surface area contributed by atoms with Crippen LogP contribution in [0.15, 0.2) is 35.4 Å². The van der Waals surface area contributed by atoms with Gasteiger partial charge in [0, 0.05) is 27.4 Å². The molecule has 0 atom stereocenters. The van der Waals surface area contributed by atoms with Gasteiger partial charge in [-0.1, -0.05) is 19.9 Å². The number of fused-ring (bicyclic) bond motifs is 1. The minimum atomic E-state index is 0.526. The van der Waals surface area contributed by atoms with E-state index in [9.17, 15) is 0 Å². The summed E-state index contributed by atoms with van der Waals surface area (Å²) in [7, 11) is 0. The molecule has 2 aromatic rings. The molecule has 2 N–H and O–H groups in total. The molecule has 0 fully saturated rings. The first-order valence-electron chi connectivity index (χ1n) is 4.98. The van der Waals surface area contributed by atoms with Gasteiger partial charge in [0.05, 0.1) is 5.52 Å². The van der Waals surface area contributed by atoms with Crippen molar-refractivity contribution in [1.82, 2.24) is 4.98 Å². The predicted octanol–water partition coefficient (Wildman–Crippen LogP) is 3.32. The van der Waals surface area contributed by atoms with E-state index in [-0.39, 0.29) is 0 Å². The van der Waals surface area contributed by atoms with Crippen molar-refractivity contribution < 1.29 is 0 Å². The minimum absolute atomic E-state index is 0.526. The summed E-state index contributed by atoms with van der Waals surface area (Å²) < 4.78 is 0. The molecule has 2 rings (SSSR count). The number of benzene rings is 1. The zero-order valence-electron chi connectivity index (χ0n) is 8.90. The molecule has 15 heavy (non-hydrogen) atoms. The van der Waals surface area contributed by atoms with Crippen molar-refractivity contribution in [2.24, 2.45) is 0 Å². The van der Waals surface area contributed by atoms with Gasteiger partial charge < -0.3 is 5.73 Å². The van der Waals surface area contributed by atoms with Gasteiger partial charge in [-0.3, -0.25) is 4.98 Å². The summed E-state index contributed by atoms with van der Waals surface area (Å²) in [5.74, 6) is 0. The maximum Gasteiger partial charge on any atom is 0.0714 e. The summed E-state index contributed by atoms with van der Waals surface area (Å²) in [6.07, 6.45) is 1.81. The first-order chi connectivity index (χ1) is 7.18. The lowest BCUT2D eigenvalue weighted by molar-refractivity contribution is 1.11.